The first-order valence-corrected chi connectivity index (χ1v) is 5.70. The van der Waals surface area contributed by atoms with E-state index in [0.29, 0.717) is 19.3 Å². The molecule has 1 aromatic carbocycles. The highest BCUT2D eigenvalue weighted by Gasteiger charge is 2.10. The van der Waals surface area contributed by atoms with Crippen molar-refractivity contribution >= 4 is 12.4 Å². The minimum absolute atomic E-state index is 0.0433. The Balaban J connectivity index is 2.57. The standard InChI is InChI=1S/C13H17NO4/c1-18-12-5-2-10(3-6-12)8-11(14-9-15)4-7-13(16)17/h2-3,5-6,9,11H,4,7-8H2,1H3,(H,14,15)(H,16,17). The number of hydrogen-bond acceptors (Lipinski definition) is 3. The zero-order valence-electron chi connectivity index (χ0n) is 10.3. The molecule has 0 bridgehead atoms. The van der Waals surface area contributed by atoms with Crippen molar-refractivity contribution in [3.63, 3.8) is 0 Å². The van der Waals surface area contributed by atoms with Gasteiger partial charge in [0.1, 0.15) is 5.75 Å². The lowest BCUT2D eigenvalue weighted by Gasteiger charge is -2.15. The van der Waals surface area contributed by atoms with Crippen LogP contribution in [0.25, 0.3) is 0 Å². The number of rotatable bonds is 8. The van der Waals surface area contributed by atoms with Crippen molar-refractivity contribution in [3.05, 3.63) is 29.8 Å². The number of ether oxygens (including phenoxy) is 1. The monoisotopic (exact) mass is 251 g/mol. The number of carboxylic acids is 1. The van der Waals surface area contributed by atoms with Crippen LogP contribution in [0.1, 0.15) is 18.4 Å². The first-order chi connectivity index (χ1) is 8.65. The number of amides is 1. The Labute approximate surface area is 106 Å². The highest BCUT2D eigenvalue weighted by molar-refractivity contribution is 5.66. The second-order valence-electron chi connectivity index (χ2n) is 3.97. The van der Waals surface area contributed by atoms with Crippen molar-refractivity contribution in [2.75, 3.05) is 7.11 Å². The van der Waals surface area contributed by atoms with Crippen LogP contribution in [0.3, 0.4) is 0 Å². The van der Waals surface area contributed by atoms with E-state index in [1.807, 2.05) is 24.3 Å². The molecule has 1 aromatic rings. The molecule has 0 aliphatic rings. The number of carboxylic acid groups (broad SMARTS) is 1. The zero-order valence-corrected chi connectivity index (χ0v) is 10.3. The summed E-state index contributed by atoms with van der Waals surface area (Å²) in [4.78, 5) is 21.0. The van der Waals surface area contributed by atoms with Gasteiger partial charge in [-0.25, -0.2) is 0 Å². The Morgan fingerprint density at radius 3 is 2.61 bits per heavy atom. The van der Waals surface area contributed by atoms with E-state index < -0.39 is 5.97 Å². The minimum Gasteiger partial charge on any atom is -0.497 e. The van der Waals surface area contributed by atoms with Gasteiger partial charge in [0, 0.05) is 12.5 Å². The summed E-state index contributed by atoms with van der Waals surface area (Å²) in [6.45, 7) is 0. The Kier molecular flexibility index (Phi) is 5.70. The van der Waals surface area contributed by atoms with Crippen LogP contribution < -0.4 is 10.1 Å². The first-order valence-electron chi connectivity index (χ1n) is 5.70. The summed E-state index contributed by atoms with van der Waals surface area (Å²) in [5.74, 6) is -0.0911. The summed E-state index contributed by atoms with van der Waals surface area (Å²) in [6, 6.07) is 7.32. The molecular formula is C13H17NO4. The summed E-state index contributed by atoms with van der Waals surface area (Å²) in [5.41, 5.74) is 1.03. The van der Waals surface area contributed by atoms with Gasteiger partial charge in [0.2, 0.25) is 6.41 Å². The molecule has 1 rings (SSSR count). The Morgan fingerprint density at radius 2 is 2.11 bits per heavy atom. The van der Waals surface area contributed by atoms with E-state index in [0.717, 1.165) is 11.3 Å². The third-order valence-electron chi connectivity index (χ3n) is 2.65. The third-order valence-corrected chi connectivity index (χ3v) is 2.65. The van der Waals surface area contributed by atoms with Gasteiger partial charge in [0.25, 0.3) is 0 Å². The fourth-order valence-electron chi connectivity index (χ4n) is 1.68. The fourth-order valence-corrected chi connectivity index (χ4v) is 1.68. The van der Waals surface area contributed by atoms with E-state index in [4.69, 9.17) is 9.84 Å². The number of methoxy groups -OCH3 is 1. The molecule has 1 atom stereocenters. The minimum atomic E-state index is -0.859. The predicted molar refractivity (Wildman–Crippen MR) is 66.6 cm³/mol. The molecule has 0 aliphatic heterocycles. The van der Waals surface area contributed by atoms with Gasteiger partial charge < -0.3 is 15.2 Å². The van der Waals surface area contributed by atoms with Crippen LogP contribution in [-0.4, -0.2) is 30.6 Å². The van der Waals surface area contributed by atoms with E-state index in [-0.39, 0.29) is 12.5 Å². The number of carbonyl (C=O) groups excluding carboxylic acids is 1. The van der Waals surface area contributed by atoms with E-state index in [2.05, 4.69) is 5.32 Å². The molecule has 0 aliphatic carbocycles. The number of aliphatic carboxylic acids is 1. The van der Waals surface area contributed by atoms with E-state index in [9.17, 15) is 9.59 Å². The van der Waals surface area contributed by atoms with E-state index >= 15 is 0 Å². The number of benzene rings is 1. The first kappa shape index (κ1) is 14.0. The molecule has 0 saturated heterocycles. The fraction of sp³-hybridized carbons (Fsp3) is 0.385. The molecule has 1 amide bonds. The number of nitrogens with one attached hydrogen (secondary N) is 1. The van der Waals surface area contributed by atoms with Crippen molar-refractivity contribution in [1.82, 2.24) is 5.32 Å². The van der Waals surface area contributed by atoms with Crippen LogP contribution in [0.5, 0.6) is 5.75 Å². The molecule has 0 radical (unpaired) electrons. The second-order valence-corrected chi connectivity index (χ2v) is 3.97. The average Bonchev–Trinajstić information content (AvgIpc) is 2.37. The van der Waals surface area contributed by atoms with Crippen molar-refractivity contribution in [2.45, 2.75) is 25.3 Å². The number of hydrogen-bond donors (Lipinski definition) is 2. The Bertz CT molecular complexity index is 388. The normalized spacial score (nSPS) is 11.6. The number of carbonyl (C=O) groups is 2. The lowest BCUT2D eigenvalue weighted by molar-refractivity contribution is -0.137. The van der Waals surface area contributed by atoms with Crippen LogP contribution in [0, 0.1) is 0 Å². The van der Waals surface area contributed by atoms with Gasteiger partial charge >= 0.3 is 5.97 Å². The molecule has 98 valence electrons. The van der Waals surface area contributed by atoms with Gasteiger partial charge in [-0.3, -0.25) is 9.59 Å². The average molecular weight is 251 g/mol. The molecule has 18 heavy (non-hydrogen) atoms. The van der Waals surface area contributed by atoms with Crippen molar-refractivity contribution in [2.24, 2.45) is 0 Å². The quantitative estimate of drug-likeness (QED) is 0.681. The maximum atomic E-state index is 10.5. The highest BCUT2D eigenvalue weighted by atomic mass is 16.5. The van der Waals surface area contributed by atoms with Gasteiger partial charge in [0.15, 0.2) is 0 Å². The van der Waals surface area contributed by atoms with Gasteiger partial charge in [-0.1, -0.05) is 12.1 Å². The largest absolute Gasteiger partial charge is 0.497 e. The van der Waals surface area contributed by atoms with Gasteiger partial charge in [-0.15, -0.1) is 0 Å². The van der Waals surface area contributed by atoms with Gasteiger partial charge in [-0.05, 0) is 30.5 Å². The Hall–Kier alpha value is -2.04. The van der Waals surface area contributed by atoms with Gasteiger partial charge in [0.05, 0.1) is 7.11 Å². The topological polar surface area (TPSA) is 75.6 Å². The van der Waals surface area contributed by atoms with Crippen LogP contribution >= 0.6 is 0 Å². The molecule has 5 heteroatoms. The molecule has 2 N–H and O–H groups in total. The summed E-state index contributed by atoms with van der Waals surface area (Å²) >= 11 is 0. The summed E-state index contributed by atoms with van der Waals surface area (Å²) < 4.78 is 5.05. The maximum Gasteiger partial charge on any atom is 0.303 e. The van der Waals surface area contributed by atoms with Crippen molar-refractivity contribution < 1.29 is 19.4 Å². The molecule has 5 nitrogen and oxygen atoms in total. The SMILES string of the molecule is COc1ccc(CC(CCC(=O)O)NC=O)cc1. The molecule has 0 heterocycles. The third kappa shape index (κ3) is 4.86. The van der Waals surface area contributed by atoms with Crippen molar-refractivity contribution in [1.29, 1.82) is 0 Å². The Morgan fingerprint density at radius 1 is 1.44 bits per heavy atom. The predicted octanol–water partition coefficient (Wildman–Crippen LogP) is 1.22. The molecule has 0 fully saturated rings. The molecule has 0 saturated carbocycles. The highest BCUT2D eigenvalue weighted by Crippen LogP contribution is 2.14. The molecule has 0 aromatic heterocycles. The van der Waals surface area contributed by atoms with Gasteiger partial charge in [-0.2, -0.15) is 0 Å². The summed E-state index contributed by atoms with van der Waals surface area (Å²) in [5, 5.41) is 11.3. The molecule has 0 spiro atoms. The van der Waals surface area contributed by atoms with Crippen LogP contribution in [0.4, 0.5) is 0 Å². The smallest absolute Gasteiger partial charge is 0.303 e. The van der Waals surface area contributed by atoms with Crippen LogP contribution in [0.2, 0.25) is 0 Å². The zero-order chi connectivity index (χ0) is 13.4. The second kappa shape index (κ2) is 7.32. The maximum absolute atomic E-state index is 10.5. The lowest BCUT2D eigenvalue weighted by atomic mass is 10.0. The van der Waals surface area contributed by atoms with E-state index in [1.54, 1.807) is 7.11 Å². The molecular weight excluding hydrogens is 234 g/mol. The molecule has 1 unspecified atom stereocenters. The lowest BCUT2D eigenvalue weighted by Crippen LogP contribution is -2.30. The van der Waals surface area contributed by atoms with Crippen LogP contribution in [-0.2, 0) is 16.0 Å². The van der Waals surface area contributed by atoms with Crippen molar-refractivity contribution in [3.8, 4) is 5.75 Å². The summed E-state index contributed by atoms with van der Waals surface area (Å²) in [6.07, 6.45) is 1.67. The van der Waals surface area contributed by atoms with E-state index in [1.165, 1.54) is 0 Å². The van der Waals surface area contributed by atoms with Crippen LogP contribution in [0.15, 0.2) is 24.3 Å². The summed E-state index contributed by atoms with van der Waals surface area (Å²) in [7, 11) is 1.60.